The van der Waals surface area contributed by atoms with Gasteiger partial charge in [0.05, 0.1) is 6.61 Å². The Kier molecular flexibility index (Phi) is 9.15. The minimum atomic E-state index is -0.0131. The molecule has 1 aromatic carbocycles. The summed E-state index contributed by atoms with van der Waals surface area (Å²) < 4.78 is 5.50. The lowest BCUT2D eigenvalue weighted by Crippen LogP contribution is -2.48. The number of ether oxygens (including phenoxy) is 1. The SMILES string of the molecule is CCOc1ccc(C(=O)N(CCC(=O)N2CCNCC2)CCN2CCCCC2C)cc1. The molecule has 3 rings (SSSR count). The molecule has 1 unspecified atom stereocenters. The molecular weight excluding hydrogens is 392 g/mol. The lowest BCUT2D eigenvalue weighted by atomic mass is 10.0. The number of benzene rings is 1. The first-order chi connectivity index (χ1) is 15.1. The van der Waals surface area contributed by atoms with Gasteiger partial charge < -0.3 is 19.9 Å². The van der Waals surface area contributed by atoms with E-state index in [1.165, 1.54) is 19.3 Å². The lowest BCUT2D eigenvalue weighted by Gasteiger charge is -2.35. The summed E-state index contributed by atoms with van der Waals surface area (Å²) in [6.45, 7) is 11.0. The molecule has 2 heterocycles. The maximum atomic E-state index is 13.3. The van der Waals surface area contributed by atoms with Crippen molar-refractivity contribution in [1.82, 2.24) is 20.0 Å². The third-order valence-electron chi connectivity index (χ3n) is 6.36. The van der Waals surface area contributed by atoms with Crippen molar-refractivity contribution in [3.05, 3.63) is 29.8 Å². The summed E-state index contributed by atoms with van der Waals surface area (Å²) in [5.74, 6) is 0.889. The molecule has 172 valence electrons. The number of carbonyl (C=O) groups excluding carboxylic acids is 2. The van der Waals surface area contributed by atoms with Crippen molar-refractivity contribution in [2.24, 2.45) is 0 Å². The molecule has 0 saturated carbocycles. The monoisotopic (exact) mass is 430 g/mol. The highest BCUT2D eigenvalue weighted by Gasteiger charge is 2.23. The van der Waals surface area contributed by atoms with E-state index in [1.807, 2.05) is 41.0 Å². The number of likely N-dealkylation sites (tertiary alicyclic amines) is 1. The Morgan fingerprint density at radius 1 is 1.10 bits per heavy atom. The van der Waals surface area contributed by atoms with E-state index >= 15 is 0 Å². The normalized spacial score (nSPS) is 19.8. The van der Waals surface area contributed by atoms with Gasteiger partial charge in [-0.1, -0.05) is 6.42 Å². The van der Waals surface area contributed by atoms with Gasteiger partial charge in [-0.15, -0.1) is 0 Å². The zero-order valence-corrected chi connectivity index (χ0v) is 19.1. The van der Waals surface area contributed by atoms with Crippen molar-refractivity contribution >= 4 is 11.8 Å². The zero-order valence-electron chi connectivity index (χ0n) is 19.1. The van der Waals surface area contributed by atoms with Crippen molar-refractivity contribution in [2.45, 2.75) is 45.6 Å². The van der Waals surface area contributed by atoms with Crippen LogP contribution >= 0.6 is 0 Å². The molecule has 7 nitrogen and oxygen atoms in total. The first-order valence-corrected chi connectivity index (χ1v) is 11.8. The Morgan fingerprint density at radius 2 is 1.84 bits per heavy atom. The van der Waals surface area contributed by atoms with Gasteiger partial charge in [0.2, 0.25) is 5.91 Å². The molecule has 2 aliphatic rings. The van der Waals surface area contributed by atoms with Crippen LogP contribution < -0.4 is 10.1 Å². The molecule has 0 bridgehead atoms. The van der Waals surface area contributed by atoms with Gasteiger partial charge in [0.25, 0.3) is 5.91 Å². The molecule has 0 aromatic heterocycles. The van der Waals surface area contributed by atoms with Crippen molar-refractivity contribution in [3.63, 3.8) is 0 Å². The first kappa shape index (κ1) is 23.5. The Hall–Kier alpha value is -2.12. The van der Waals surface area contributed by atoms with E-state index < -0.39 is 0 Å². The highest BCUT2D eigenvalue weighted by atomic mass is 16.5. The Labute approximate surface area is 186 Å². The minimum Gasteiger partial charge on any atom is -0.494 e. The summed E-state index contributed by atoms with van der Waals surface area (Å²) in [4.78, 5) is 32.2. The summed E-state index contributed by atoms with van der Waals surface area (Å²) in [5, 5.41) is 3.27. The summed E-state index contributed by atoms with van der Waals surface area (Å²) >= 11 is 0. The number of nitrogens with one attached hydrogen (secondary N) is 1. The van der Waals surface area contributed by atoms with E-state index in [0.717, 1.165) is 45.0 Å². The summed E-state index contributed by atoms with van der Waals surface area (Å²) in [6, 6.07) is 7.88. The second-order valence-electron chi connectivity index (χ2n) is 8.51. The van der Waals surface area contributed by atoms with E-state index in [0.29, 0.717) is 37.7 Å². The van der Waals surface area contributed by atoms with Crippen LogP contribution in [0.1, 0.15) is 49.9 Å². The average Bonchev–Trinajstić information content (AvgIpc) is 2.81. The fraction of sp³-hybridized carbons (Fsp3) is 0.667. The molecule has 2 fully saturated rings. The lowest BCUT2D eigenvalue weighted by molar-refractivity contribution is -0.131. The fourth-order valence-corrected chi connectivity index (χ4v) is 4.40. The topological polar surface area (TPSA) is 65.1 Å². The van der Waals surface area contributed by atoms with Gasteiger partial charge in [-0.3, -0.25) is 14.5 Å². The molecule has 2 amide bonds. The van der Waals surface area contributed by atoms with E-state index in [1.54, 1.807) is 0 Å². The highest BCUT2D eigenvalue weighted by molar-refractivity contribution is 5.94. The quantitative estimate of drug-likeness (QED) is 0.651. The number of rotatable bonds is 9. The third kappa shape index (κ3) is 6.94. The van der Waals surface area contributed by atoms with Gasteiger partial charge in [0, 0.05) is 63.8 Å². The van der Waals surface area contributed by atoms with Crippen LogP contribution in [0.3, 0.4) is 0 Å². The molecule has 31 heavy (non-hydrogen) atoms. The predicted molar refractivity (Wildman–Crippen MR) is 122 cm³/mol. The van der Waals surface area contributed by atoms with Crippen molar-refractivity contribution in [3.8, 4) is 5.75 Å². The van der Waals surface area contributed by atoms with Crippen LogP contribution in [-0.4, -0.2) is 91.5 Å². The Morgan fingerprint density at radius 3 is 2.52 bits per heavy atom. The van der Waals surface area contributed by atoms with E-state index in [9.17, 15) is 9.59 Å². The molecule has 1 N–H and O–H groups in total. The smallest absolute Gasteiger partial charge is 0.253 e. The number of hydrogen-bond acceptors (Lipinski definition) is 5. The molecule has 0 radical (unpaired) electrons. The van der Waals surface area contributed by atoms with Gasteiger partial charge in [0.1, 0.15) is 5.75 Å². The van der Waals surface area contributed by atoms with Crippen LogP contribution in [0.25, 0.3) is 0 Å². The molecule has 0 spiro atoms. The summed E-state index contributed by atoms with van der Waals surface area (Å²) in [7, 11) is 0. The number of amides is 2. The molecule has 1 aromatic rings. The van der Waals surface area contributed by atoms with Crippen molar-refractivity contribution in [1.29, 1.82) is 0 Å². The van der Waals surface area contributed by atoms with Crippen LogP contribution in [0.15, 0.2) is 24.3 Å². The number of carbonyl (C=O) groups is 2. The molecule has 1 atom stereocenters. The number of piperazine rings is 1. The van der Waals surface area contributed by atoms with Gasteiger partial charge in [-0.2, -0.15) is 0 Å². The van der Waals surface area contributed by atoms with E-state index in [-0.39, 0.29) is 11.8 Å². The molecule has 2 saturated heterocycles. The second-order valence-corrected chi connectivity index (χ2v) is 8.51. The van der Waals surface area contributed by atoms with Crippen LogP contribution in [-0.2, 0) is 4.79 Å². The number of hydrogen-bond donors (Lipinski definition) is 1. The third-order valence-corrected chi connectivity index (χ3v) is 6.36. The molecule has 2 aliphatic heterocycles. The number of piperidine rings is 1. The van der Waals surface area contributed by atoms with Crippen LogP contribution in [0, 0.1) is 0 Å². The maximum Gasteiger partial charge on any atom is 0.253 e. The average molecular weight is 431 g/mol. The van der Waals surface area contributed by atoms with Gasteiger partial charge >= 0.3 is 0 Å². The van der Waals surface area contributed by atoms with Gasteiger partial charge in [0.15, 0.2) is 0 Å². The standard InChI is InChI=1S/C24H38N4O3/c1-3-31-22-9-7-21(8-10-22)24(30)28(19-18-26-14-5-4-6-20(26)2)15-11-23(29)27-16-12-25-13-17-27/h7-10,20,25H,3-6,11-19H2,1-2H3. The fourth-order valence-electron chi connectivity index (χ4n) is 4.40. The molecular formula is C24H38N4O3. The Bertz CT molecular complexity index is 703. The first-order valence-electron chi connectivity index (χ1n) is 11.8. The van der Waals surface area contributed by atoms with E-state index in [2.05, 4.69) is 17.1 Å². The van der Waals surface area contributed by atoms with Crippen LogP contribution in [0.5, 0.6) is 5.75 Å². The van der Waals surface area contributed by atoms with Crippen molar-refractivity contribution in [2.75, 3.05) is 59.0 Å². The second kappa shape index (κ2) is 12.1. The van der Waals surface area contributed by atoms with Gasteiger partial charge in [-0.05, 0) is 57.5 Å². The highest BCUT2D eigenvalue weighted by Crippen LogP contribution is 2.17. The van der Waals surface area contributed by atoms with Gasteiger partial charge in [-0.25, -0.2) is 0 Å². The maximum absolute atomic E-state index is 13.3. The van der Waals surface area contributed by atoms with Crippen LogP contribution in [0.4, 0.5) is 0 Å². The zero-order chi connectivity index (χ0) is 22.1. The molecule has 0 aliphatic carbocycles. The number of nitrogens with zero attached hydrogens (tertiary/aromatic N) is 3. The largest absolute Gasteiger partial charge is 0.494 e. The minimum absolute atomic E-state index is 0.0131. The van der Waals surface area contributed by atoms with Crippen molar-refractivity contribution < 1.29 is 14.3 Å². The molecule has 7 heteroatoms. The summed E-state index contributed by atoms with van der Waals surface area (Å²) in [6.07, 6.45) is 4.09. The Balaban J connectivity index is 1.63. The van der Waals surface area contributed by atoms with Crippen LogP contribution in [0.2, 0.25) is 0 Å². The predicted octanol–water partition coefficient (Wildman–Crippen LogP) is 2.22. The summed E-state index contributed by atoms with van der Waals surface area (Å²) in [5.41, 5.74) is 0.643. The van der Waals surface area contributed by atoms with E-state index in [4.69, 9.17) is 4.74 Å².